The molecular weight excluding hydrogens is 296 g/mol. The van der Waals surface area contributed by atoms with Crippen molar-refractivity contribution in [3.05, 3.63) is 71.3 Å². The predicted molar refractivity (Wildman–Crippen MR) is 99.8 cm³/mol. The maximum absolute atomic E-state index is 12.0. The van der Waals surface area contributed by atoms with E-state index in [1.807, 2.05) is 36.4 Å². The number of rotatable bonds is 5. The average molecular weight is 320 g/mol. The van der Waals surface area contributed by atoms with Crippen molar-refractivity contribution in [1.29, 1.82) is 0 Å². The van der Waals surface area contributed by atoms with Crippen LogP contribution in [0.1, 0.15) is 30.0 Å². The molecule has 3 rings (SSSR count). The number of fused-ring (bicyclic) bond motifs is 1. The van der Waals surface area contributed by atoms with E-state index in [2.05, 4.69) is 35.3 Å². The molecule has 0 unspecified atom stereocenters. The van der Waals surface area contributed by atoms with Gasteiger partial charge in [-0.15, -0.1) is 0 Å². The first-order valence-electron chi connectivity index (χ1n) is 8.63. The Morgan fingerprint density at radius 3 is 2.79 bits per heavy atom. The summed E-state index contributed by atoms with van der Waals surface area (Å²) in [6.45, 7) is 5.54. The molecule has 1 aliphatic rings. The number of hydrogen-bond donors (Lipinski definition) is 1. The van der Waals surface area contributed by atoms with E-state index in [1.54, 1.807) is 6.08 Å². The van der Waals surface area contributed by atoms with Gasteiger partial charge in [0.05, 0.1) is 0 Å². The average Bonchev–Trinajstić information content (AvgIpc) is 2.61. The van der Waals surface area contributed by atoms with Gasteiger partial charge in [-0.05, 0) is 54.3 Å². The normalized spacial score (nSPS) is 14.5. The van der Waals surface area contributed by atoms with Crippen molar-refractivity contribution in [3.63, 3.8) is 0 Å². The van der Waals surface area contributed by atoms with Crippen LogP contribution in [0.25, 0.3) is 6.08 Å². The number of hydrogen-bond acceptors (Lipinski definition) is 2. The summed E-state index contributed by atoms with van der Waals surface area (Å²) in [5.41, 5.74) is 4.72. The number of nitrogens with zero attached hydrogens (tertiary/aromatic N) is 1. The van der Waals surface area contributed by atoms with Gasteiger partial charge in [-0.1, -0.05) is 43.3 Å². The first-order chi connectivity index (χ1) is 11.7. The zero-order chi connectivity index (χ0) is 16.8. The molecule has 1 aliphatic heterocycles. The summed E-state index contributed by atoms with van der Waals surface area (Å²) in [5.74, 6) is -0.105. The summed E-state index contributed by atoms with van der Waals surface area (Å²) in [6.07, 6.45) is 5.79. The smallest absolute Gasteiger partial charge is 0.248 e. The fourth-order valence-electron chi connectivity index (χ4n) is 3.12. The van der Waals surface area contributed by atoms with Crippen LogP contribution in [0.4, 0.5) is 5.69 Å². The van der Waals surface area contributed by atoms with E-state index in [0.717, 1.165) is 37.3 Å². The van der Waals surface area contributed by atoms with Crippen LogP contribution in [0.2, 0.25) is 0 Å². The molecule has 0 saturated carbocycles. The second-order valence-corrected chi connectivity index (χ2v) is 6.24. The third kappa shape index (κ3) is 4.33. The molecule has 0 spiro atoms. The van der Waals surface area contributed by atoms with Gasteiger partial charge in [0.2, 0.25) is 5.91 Å². The highest BCUT2D eigenvalue weighted by Crippen LogP contribution is 2.21. The number of anilines is 1. The van der Waals surface area contributed by atoms with Gasteiger partial charge in [0, 0.05) is 24.9 Å². The largest absolute Gasteiger partial charge is 0.323 e. The van der Waals surface area contributed by atoms with Gasteiger partial charge in [-0.25, -0.2) is 0 Å². The molecule has 0 aliphatic carbocycles. The molecule has 1 amide bonds. The molecule has 124 valence electrons. The minimum atomic E-state index is -0.105. The highest BCUT2D eigenvalue weighted by molar-refractivity contribution is 6.01. The lowest BCUT2D eigenvalue weighted by atomic mass is 9.97. The summed E-state index contributed by atoms with van der Waals surface area (Å²) in [5, 5.41) is 2.86. The fourth-order valence-corrected chi connectivity index (χ4v) is 3.12. The third-order valence-electron chi connectivity index (χ3n) is 4.33. The van der Waals surface area contributed by atoms with Crippen LogP contribution in [0, 0.1) is 0 Å². The SMILES string of the molecule is CCCN1CCc2ccc(C=CC(=O)Nc3ccccc3)cc2C1. The van der Waals surface area contributed by atoms with Gasteiger partial charge >= 0.3 is 0 Å². The van der Waals surface area contributed by atoms with Crippen LogP contribution < -0.4 is 5.32 Å². The number of para-hydroxylation sites is 1. The molecule has 2 aromatic rings. The lowest BCUT2D eigenvalue weighted by Gasteiger charge is -2.28. The van der Waals surface area contributed by atoms with Crippen LogP contribution in [-0.4, -0.2) is 23.9 Å². The van der Waals surface area contributed by atoms with Gasteiger partial charge in [-0.3, -0.25) is 9.69 Å². The number of amides is 1. The zero-order valence-electron chi connectivity index (χ0n) is 14.2. The highest BCUT2D eigenvalue weighted by atomic mass is 16.1. The molecule has 1 N–H and O–H groups in total. The van der Waals surface area contributed by atoms with Crippen LogP contribution in [0.15, 0.2) is 54.6 Å². The monoisotopic (exact) mass is 320 g/mol. The second-order valence-electron chi connectivity index (χ2n) is 6.24. The Morgan fingerprint density at radius 1 is 1.17 bits per heavy atom. The number of benzene rings is 2. The summed E-state index contributed by atoms with van der Waals surface area (Å²) >= 11 is 0. The van der Waals surface area contributed by atoms with E-state index >= 15 is 0 Å². The Hall–Kier alpha value is -2.39. The van der Waals surface area contributed by atoms with Gasteiger partial charge in [0.25, 0.3) is 0 Å². The van der Waals surface area contributed by atoms with Crippen LogP contribution in [-0.2, 0) is 17.8 Å². The van der Waals surface area contributed by atoms with Crippen molar-refractivity contribution < 1.29 is 4.79 Å². The molecule has 0 bridgehead atoms. The molecule has 1 heterocycles. The van der Waals surface area contributed by atoms with Crippen molar-refractivity contribution in [1.82, 2.24) is 4.90 Å². The number of carbonyl (C=O) groups excluding carboxylic acids is 1. The van der Waals surface area contributed by atoms with E-state index in [9.17, 15) is 4.79 Å². The molecule has 0 atom stereocenters. The van der Waals surface area contributed by atoms with E-state index in [0.29, 0.717) is 0 Å². The molecule has 0 aromatic heterocycles. The van der Waals surface area contributed by atoms with Crippen molar-refractivity contribution in [2.24, 2.45) is 0 Å². The van der Waals surface area contributed by atoms with Crippen molar-refractivity contribution in [2.45, 2.75) is 26.3 Å². The summed E-state index contributed by atoms with van der Waals surface area (Å²) in [6, 6.07) is 16.0. The molecule has 0 saturated heterocycles. The van der Waals surface area contributed by atoms with E-state index in [4.69, 9.17) is 0 Å². The second kappa shape index (κ2) is 7.93. The quantitative estimate of drug-likeness (QED) is 0.841. The van der Waals surface area contributed by atoms with Gasteiger partial charge in [-0.2, -0.15) is 0 Å². The molecule has 2 aromatic carbocycles. The van der Waals surface area contributed by atoms with Crippen molar-refractivity contribution in [2.75, 3.05) is 18.4 Å². The maximum Gasteiger partial charge on any atom is 0.248 e. The summed E-state index contributed by atoms with van der Waals surface area (Å²) in [4.78, 5) is 14.5. The Labute approximate surface area is 144 Å². The molecule has 24 heavy (non-hydrogen) atoms. The van der Waals surface area contributed by atoms with Gasteiger partial charge in [0.15, 0.2) is 0 Å². The summed E-state index contributed by atoms with van der Waals surface area (Å²) < 4.78 is 0. The van der Waals surface area contributed by atoms with Crippen molar-refractivity contribution in [3.8, 4) is 0 Å². The van der Waals surface area contributed by atoms with Crippen LogP contribution in [0.3, 0.4) is 0 Å². The Kier molecular flexibility index (Phi) is 5.44. The Bertz CT molecular complexity index is 722. The van der Waals surface area contributed by atoms with E-state index in [1.165, 1.54) is 17.5 Å². The molecular formula is C21H24N2O. The van der Waals surface area contributed by atoms with Crippen LogP contribution in [0.5, 0.6) is 0 Å². The van der Waals surface area contributed by atoms with E-state index < -0.39 is 0 Å². The summed E-state index contributed by atoms with van der Waals surface area (Å²) in [7, 11) is 0. The first-order valence-corrected chi connectivity index (χ1v) is 8.63. The first kappa shape index (κ1) is 16.5. The van der Waals surface area contributed by atoms with Gasteiger partial charge < -0.3 is 5.32 Å². The predicted octanol–water partition coefficient (Wildman–Crippen LogP) is 4.11. The lowest BCUT2D eigenvalue weighted by Crippen LogP contribution is -2.31. The Morgan fingerprint density at radius 2 is 2.00 bits per heavy atom. The zero-order valence-corrected chi connectivity index (χ0v) is 14.2. The Balaban J connectivity index is 1.65. The topological polar surface area (TPSA) is 32.3 Å². The standard InChI is InChI=1S/C21H24N2O/c1-2-13-23-14-12-18-10-8-17(15-19(18)16-23)9-11-21(24)22-20-6-4-3-5-7-20/h3-11,15H,2,12-14,16H2,1H3,(H,22,24). The third-order valence-corrected chi connectivity index (χ3v) is 4.33. The van der Waals surface area contributed by atoms with Crippen molar-refractivity contribution >= 4 is 17.7 Å². The number of nitrogens with one attached hydrogen (secondary N) is 1. The minimum absolute atomic E-state index is 0.105. The molecule has 3 nitrogen and oxygen atoms in total. The van der Waals surface area contributed by atoms with Crippen LogP contribution >= 0.6 is 0 Å². The highest BCUT2D eigenvalue weighted by Gasteiger charge is 2.15. The molecule has 0 fully saturated rings. The lowest BCUT2D eigenvalue weighted by molar-refractivity contribution is -0.111. The van der Waals surface area contributed by atoms with Gasteiger partial charge in [0.1, 0.15) is 0 Å². The number of carbonyl (C=O) groups is 1. The van der Waals surface area contributed by atoms with E-state index in [-0.39, 0.29) is 5.91 Å². The molecule has 0 radical (unpaired) electrons. The fraction of sp³-hybridized carbons (Fsp3) is 0.286. The maximum atomic E-state index is 12.0. The molecule has 3 heteroatoms. The minimum Gasteiger partial charge on any atom is -0.323 e.